The van der Waals surface area contributed by atoms with Crippen LogP contribution in [0.4, 0.5) is 19.0 Å². The molecule has 0 saturated carbocycles. The van der Waals surface area contributed by atoms with Crippen LogP contribution < -0.4 is 5.73 Å². The van der Waals surface area contributed by atoms with Gasteiger partial charge >= 0.3 is 6.18 Å². The first-order valence-electron chi connectivity index (χ1n) is 5.05. The normalized spacial score (nSPS) is 12.4. The zero-order chi connectivity index (χ0) is 12.9. The molecule has 4 nitrogen and oxygen atoms in total. The zero-order valence-corrected chi connectivity index (χ0v) is 8.94. The molecule has 1 aromatic carbocycles. The van der Waals surface area contributed by atoms with E-state index < -0.39 is 11.7 Å². The molecule has 2 heterocycles. The van der Waals surface area contributed by atoms with Gasteiger partial charge in [-0.2, -0.15) is 13.2 Å². The maximum atomic E-state index is 12.6. The highest BCUT2D eigenvalue weighted by Gasteiger charge is 2.30. The summed E-state index contributed by atoms with van der Waals surface area (Å²) in [6.45, 7) is 0. The van der Waals surface area contributed by atoms with E-state index in [1.807, 2.05) is 0 Å². The van der Waals surface area contributed by atoms with Crippen LogP contribution in [0.2, 0.25) is 0 Å². The molecular formula is C11H7F3N4. The van der Waals surface area contributed by atoms with E-state index in [-0.39, 0.29) is 11.3 Å². The molecule has 2 aromatic heterocycles. The fourth-order valence-corrected chi connectivity index (χ4v) is 1.86. The van der Waals surface area contributed by atoms with Gasteiger partial charge in [0.1, 0.15) is 11.3 Å². The molecule has 0 aliphatic carbocycles. The van der Waals surface area contributed by atoms with Crippen molar-refractivity contribution in [3.8, 4) is 0 Å². The summed E-state index contributed by atoms with van der Waals surface area (Å²) >= 11 is 0. The molecule has 0 unspecified atom stereocenters. The minimum atomic E-state index is -4.39. The molecular weight excluding hydrogens is 245 g/mol. The molecule has 0 fully saturated rings. The summed E-state index contributed by atoms with van der Waals surface area (Å²) < 4.78 is 39.4. The molecule has 0 bridgehead atoms. The number of nitrogens with zero attached hydrogens (tertiary/aromatic N) is 3. The lowest BCUT2D eigenvalue weighted by atomic mass is 10.2. The van der Waals surface area contributed by atoms with Gasteiger partial charge in [-0.25, -0.2) is 9.97 Å². The number of rotatable bonds is 0. The van der Waals surface area contributed by atoms with Crippen molar-refractivity contribution in [2.75, 3.05) is 5.73 Å². The number of fused-ring (bicyclic) bond motifs is 3. The average molecular weight is 252 g/mol. The lowest BCUT2D eigenvalue weighted by molar-refractivity contribution is -0.137. The van der Waals surface area contributed by atoms with Crippen LogP contribution >= 0.6 is 0 Å². The number of anilines is 1. The van der Waals surface area contributed by atoms with Crippen molar-refractivity contribution in [3.63, 3.8) is 0 Å². The van der Waals surface area contributed by atoms with Crippen LogP contribution in [0.3, 0.4) is 0 Å². The molecule has 0 spiro atoms. The Hall–Kier alpha value is -2.31. The Kier molecular flexibility index (Phi) is 2.01. The van der Waals surface area contributed by atoms with Crippen LogP contribution in [-0.4, -0.2) is 14.4 Å². The SMILES string of the molecule is Nc1nc2cc(C(F)(F)F)ccc2n2cncc12. The third kappa shape index (κ3) is 1.47. The van der Waals surface area contributed by atoms with E-state index >= 15 is 0 Å². The number of aromatic nitrogens is 3. The summed E-state index contributed by atoms with van der Waals surface area (Å²) in [5.74, 6) is 0.152. The molecule has 2 N–H and O–H groups in total. The van der Waals surface area contributed by atoms with Gasteiger partial charge in [-0.1, -0.05) is 0 Å². The van der Waals surface area contributed by atoms with E-state index in [1.54, 1.807) is 4.40 Å². The number of imidazole rings is 1. The number of alkyl halides is 3. The third-order valence-corrected chi connectivity index (χ3v) is 2.70. The van der Waals surface area contributed by atoms with Crippen LogP contribution in [0.1, 0.15) is 5.56 Å². The molecule has 0 atom stereocenters. The molecule has 7 heteroatoms. The molecule has 92 valence electrons. The number of nitrogen functional groups attached to an aromatic ring is 1. The number of halogens is 3. The standard InChI is InChI=1S/C11H7F3N4/c12-11(13,14)6-1-2-8-7(3-6)17-10(15)9-4-16-5-18(8)9/h1-5H,(H2,15,17). The van der Waals surface area contributed by atoms with Crippen molar-refractivity contribution < 1.29 is 13.2 Å². The largest absolute Gasteiger partial charge is 0.416 e. The van der Waals surface area contributed by atoms with E-state index in [9.17, 15) is 13.2 Å². The maximum absolute atomic E-state index is 12.6. The van der Waals surface area contributed by atoms with Gasteiger partial charge in [-0.3, -0.25) is 4.40 Å². The predicted octanol–water partition coefficient (Wildman–Crippen LogP) is 2.48. The molecule has 3 aromatic rings. The topological polar surface area (TPSA) is 56.2 Å². The van der Waals surface area contributed by atoms with E-state index in [1.165, 1.54) is 18.6 Å². The number of benzene rings is 1. The Morgan fingerprint density at radius 2 is 1.94 bits per heavy atom. The predicted molar refractivity (Wildman–Crippen MR) is 59.9 cm³/mol. The molecule has 3 rings (SSSR count). The summed E-state index contributed by atoms with van der Waals surface area (Å²) in [6, 6.07) is 3.35. The Balaban J connectivity index is 2.39. The Bertz CT molecular complexity index is 745. The van der Waals surface area contributed by atoms with Gasteiger partial charge < -0.3 is 5.73 Å². The number of nitrogens with two attached hydrogens (primary N) is 1. The Morgan fingerprint density at radius 1 is 1.17 bits per heavy atom. The van der Waals surface area contributed by atoms with Gasteiger partial charge in [0.25, 0.3) is 0 Å². The van der Waals surface area contributed by atoms with Crippen molar-refractivity contribution in [1.82, 2.24) is 14.4 Å². The van der Waals surface area contributed by atoms with Crippen molar-refractivity contribution in [1.29, 1.82) is 0 Å². The van der Waals surface area contributed by atoms with Crippen LogP contribution in [0.25, 0.3) is 16.6 Å². The van der Waals surface area contributed by atoms with Gasteiger partial charge in [0.2, 0.25) is 0 Å². The van der Waals surface area contributed by atoms with Crippen LogP contribution in [-0.2, 0) is 6.18 Å². The highest BCUT2D eigenvalue weighted by Crippen LogP contribution is 2.31. The summed E-state index contributed by atoms with van der Waals surface area (Å²) in [5, 5.41) is 0. The van der Waals surface area contributed by atoms with Crippen LogP contribution in [0.15, 0.2) is 30.7 Å². The first kappa shape index (κ1) is 10.8. The second-order valence-corrected chi connectivity index (χ2v) is 3.85. The monoisotopic (exact) mass is 252 g/mol. The quantitative estimate of drug-likeness (QED) is 0.668. The lowest BCUT2D eigenvalue weighted by Crippen LogP contribution is -2.06. The number of hydrogen-bond acceptors (Lipinski definition) is 3. The van der Waals surface area contributed by atoms with E-state index in [0.717, 1.165) is 12.1 Å². The Morgan fingerprint density at radius 3 is 2.67 bits per heavy atom. The van der Waals surface area contributed by atoms with Gasteiger partial charge in [0.15, 0.2) is 0 Å². The van der Waals surface area contributed by atoms with Gasteiger partial charge in [-0.05, 0) is 18.2 Å². The summed E-state index contributed by atoms with van der Waals surface area (Å²) in [6.07, 6.45) is -1.39. The van der Waals surface area contributed by atoms with Gasteiger partial charge in [-0.15, -0.1) is 0 Å². The fraction of sp³-hybridized carbons (Fsp3) is 0.0909. The second-order valence-electron chi connectivity index (χ2n) is 3.85. The van der Waals surface area contributed by atoms with Gasteiger partial charge in [0.05, 0.1) is 29.1 Å². The third-order valence-electron chi connectivity index (χ3n) is 2.70. The van der Waals surface area contributed by atoms with Crippen molar-refractivity contribution >= 4 is 22.4 Å². The minimum absolute atomic E-state index is 0.152. The van der Waals surface area contributed by atoms with E-state index in [4.69, 9.17) is 5.73 Å². The number of hydrogen-bond donors (Lipinski definition) is 1. The van der Waals surface area contributed by atoms with Crippen LogP contribution in [0, 0.1) is 0 Å². The first-order chi connectivity index (χ1) is 8.47. The summed E-state index contributed by atoms with van der Waals surface area (Å²) in [7, 11) is 0. The van der Waals surface area contributed by atoms with E-state index in [0.29, 0.717) is 11.0 Å². The molecule has 0 aliphatic heterocycles. The van der Waals surface area contributed by atoms with Crippen LogP contribution in [0.5, 0.6) is 0 Å². The highest BCUT2D eigenvalue weighted by molar-refractivity contribution is 5.83. The zero-order valence-electron chi connectivity index (χ0n) is 8.94. The van der Waals surface area contributed by atoms with Gasteiger partial charge in [0, 0.05) is 0 Å². The fourth-order valence-electron chi connectivity index (χ4n) is 1.86. The highest BCUT2D eigenvalue weighted by atomic mass is 19.4. The molecule has 0 amide bonds. The van der Waals surface area contributed by atoms with Crippen molar-refractivity contribution in [2.24, 2.45) is 0 Å². The lowest BCUT2D eigenvalue weighted by Gasteiger charge is -2.09. The molecule has 0 radical (unpaired) electrons. The maximum Gasteiger partial charge on any atom is 0.416 e. The van der Waals surface area contributed by atoms with Crippen molar-refractivity contribution in [3.05, 3.63) is 36.3 Å². The first-order valence-corrected chi connectivity index (χ1v) is 5.05. The second kappa shape index (κ2) is 3.34. The minimum Gasteiger partial charge on any atom is -0.382 e. The average Bonchev–Trinajstić information content (AvgIpc) is 2.77. The molecule has 18 heavy (non-hydrogen) atoms. The Labute approximate surface area is 98.9 Å². The smallest absolute Gasteiger partial charge is 0.382 e. The molecule has 0 aliphatic rings. The van der Waals surface area contributed by atoms with E-state index in [2.05, 4.69) is 9.97 Å². The van der Waals surface area contributed by atoms with Crippen molar-refractivity contribution in [2.45, 2.75) is 6.18 Å². The summed E-state index contributed by atoms with van der Waals surface area (Å²) in [4.78, 5) is 7.87. The summed E-state index contributed by atoms with van der Waals surface area (Å²) in [5.41, 5.74) is 6.22. The molecule has 0 saturated heterocycles.